The van der Waals surface area contributed by atoms with E-state index < -0.39 is 0 Å². The average Bonchev–Trinajstić information content (AvgIpc) is 2.79. The van der Waals surface area contributed by atoms with Crippen LogP contribution >= 0.6 is 0 Å². The molecule has 0 aromatic heterocycles. The molecule has 2 aromatic carbocycles. The van der Waals surface area contributed by atoms with E-state index in [4.69, 9.17) is 0 Å². The highest BCUT2D eigenvalue weighted by molar-refractivity contribution is 5.97. The Hall–Kier alpha value is -2.16. The van der Waals surface area contributed by atoms with Crippen LogP contribution in [0.15, 0.2) is 48.5 Å². The van der Waals surface area contributed by atoms with Gasteiger partial charge in [-0.2, -0.15) is 0 Å². The molecule has 3 heteroatoms. The van der Waals surface area contributed by atoms with Gasteiger partial charge in [-0.15, -0.1) is 0 Å². The molecule has 1 aliphatic heterocycles. The predicted octanol–water partition coefficient (Wildman–Crippen LogP) is 3.52. The molecule has 0 spiro atoms. The lowest BCUT2D eigenvalue weighted by atomic mass is 10.0. The maximum absolute atomic E-state index is 13.6. The minimum atomic E-state index is -0.318. The molecule has 1 atom stereocenters. The molecule has 2 nitrogen and oxygen atoms in total. The number of carbonyl (C=O) groups is 1. The first-order valence-corrected chi connectivity index (χ1v) is 6.79. The zero-order chi connectivity index (χ0) is 14.1. The van der Waals surface area contributed by atoms with Crippen molar-refractivity contribution in [2.24, 2.45) is 0 Å². The predicted molar refractivity (Wildman–Crippen MR) is 77.3 cm³/mol. The number of rotatable bonds is 2. The first-order chi connectivity index (χ1) is 9.66. The molecule has 0 radical (unpaired) electrons. The first kappa shape index (κ1) is 12.9. The zero-order valence-corrected chi connectivity index (χ0v) is 11.3. The van der Waals surface area contributed by atoms with Crippen molar-refractivity contribution in [3.05, 3.63) is 65.5 Å². The quantitative estimate of drug-likeness (QED) is 0.817. The van der Waals surface area contributed by atoms with Gasteiger partial charge in [0, 0.05) is 18.2 Å². The Morgan fingerprint density at radius 2 is 1.90 bits per heavy atom. The van der Waals surface area contributed by atoms with E-state index >= 15 is 0 Å². The zero-order valence-electron chi connectivity index (χ0n) is 11.3. The van der Waals surface area contributed by atoms with Crippen molar-refractivity contribution >= 4 is 11.6 Å². The number of anilines is 1. The lowest BCUT2D eigenvalue weighted by molar-refractivity contribution is -0.118. The molecule has 0 N–H and O–H groups in total. The van der Waals surface area contributed by atoms with E-state index in [-0.39, 0.29) is 18.1 Å². The van der Waals surface area contributed by atoms with E-state index in [1.165, 1.54) is 11.6 Å². The maximum Gasteiger partial charge on any atom is 0.231 e. The van der Waals surface area contributed by atoms with Gasteiger partial charge in [0.15, 0.2) is 0 Å². The standard InChI is InChI=1S/C17H16FNO/c1-12-11-19(16-9-5-3-7-14(12)16)17(20)10-13-6-2-4-8-15(13)18/h2-9,12H,10-11H2,1H3. The van der Waals surface area contributed by atoms with Crippen LogP contribution in [0.4, 0.5) is 10.1 Å². The van der Waals surface area contributed by atoms with Crippen molar-refractivity contribution in [2.45, 2.75) is 19.3 Å². The van der Waals surface area contributed by atoms with E-state index in [0.29, 0.717) is 18.0 Å². The fraction of sp³-hybridized carbons (Fsp3) is 0.235. The summed E-state index contributed by atoms with van der Waals surface area (Å²) in [6.45, 7) is 2.78. The summed E-state index contributed by atoms with van der Waals surface area (Å²) in [5.41, 5.74) is 2.60. The smallest absolute Gasteiger partial charge is 0.231 e. The summed E-state index contributed by atoms with van der Waals surface area (Å²) in [7, 11) is 0. The van der Waals surface area contributed by atoms with Crippen LogP contribution in [0.1, 0.15) is 24.0 Å². The molecule has 0 saturated heterocycles. The summed E-state index contributed by atoms with van der Waals surface area (Å²) in [6, 6.07) is 14.4. The minimum absolute atomic E-state index is 0.0492. The van der Waals surface area contributed by atoms with Crippen molar-refractivity contribution in [3.63, 3.8) is 0 Å². The van der Waals surface area contributed by atoms with Crippen LogP contribution in [-0.4, -0.2) is 12.5 Å². The van der Waals surface area contributed by atoms with Crippen LogP contribution in [0.3, 0.4) is 0 Å². The lowest BCUT2D eigenvalue weighted by Crippen LogP contribution is -2.31. The van der Waals surface area contributed by atoms with Crippen LogP contribution in [0.25, 0.3) is 0 Å². The monoisotopic (exact) mass is 269 g/mol. The van der Waals surface area contributed by atoms with Gasteiger partial charge in [0.05, 0.1) is 6.42 Å². The summed E-state index contributed by atoms with van der Waals surface area (Å²) >= 11 is 0. The molecule has 102 valence electrons. The molecule has 1 unspecified atom stereocenters. The fourth-order valence-corrected chi connectivity index (χ4v) is 2.76. The molecule has 3 rings (SSSR count). The van der Waals surface area contributed by atoms with E-state index in [1.807, 2.05) is 18.2 Å². The number of hydrogen-bond donors (Lipinski definition) is 0. The SMILES string of the molecule is CC1CN(C(=O)Cc2ccccc2F)c2ccccc21. The third-order valence-electron chi connectivity index (χ3n) is 3.82. The topological polar surface area (TPSA) is 20.3 Å². The molecular weight excluding hydrogens is 253 g/mol. The van der Waals surface area contributed by atoms with Crippen molar-refractivity contribution in [1.29, 1.82) is 0 Å². The number of halogens is 1. The van der Waals surface area contributed by atoms with Crippen LogP contribution in [-0.2, 0) is 11.2 Å². The van der Waals surface area contributed by atoms with Gasteiger partial charge in [-0.25, -0.2) is 4.39 Å². The molecule has 1 aliphatic rings. The fourth-order valence-electron chi connectivity index (χ4n) is 2.76. The molecule has 0 saturated carbocycles. The summed E-state index contributed by atoms with van der Waals surface area (Å²) in [5, 5.41) is 0. The third-order valence-corrected chi connectivity index (χ3v) is 3.82. The molecule has 0 aliphatic carbocycles. The molecule has 1 amide bonds. The Kier molecular flexibility index (Phi) is 3.26. The van der Waals surface area contributed by atoms with Crippen LogP contribution in [0.5, 0.6) is 0 Å². The first-order valence-electron chi connectivity index (χ1n) is 6.79. The highest BCUT2D eigenvalue weighted by atomic mass is 19.1. The summed E-state index contributed by atoms with van der Waals surface area (Å²) in [4.78, 5) is 14.2. The maximum atomic E-state index is 13.6. The number of hydrogen-bond acceptors (Lipinski definition) is 1. The molecular formula is C17H16FNO. The summed E-state index contributed by atoms with van der Waals surface area (Å²) < 4.78 is 13.6. The number of nitrogens with zero attached hydrogens (tertiary/aromatic N) is 1. The minimum Gasteiger partial charge on any atom is -0.311 e. The Bertz CT molecular complexity index is 653. The Labute approximate surface area is 117 Å². The summed E-state index contributed by atoms with van der Waals surface area (Å²) in [6.07, 6.45) is 0.105. The lowest BCUT2D eigenvalue weighted by Gasteiger charge is -2.17. The van der Waals surface area contributed by atoms with Gasteiger partial charge in [-0.05, 0) is 23.3 Å². The Morgan fingerprint density at radius 1 is 1.20 bits per heavy atom. The number of benzene rings is 2. The van der Waals surface area contributed by atoms with Gasteiger partial charge >= 0.3 is 0 Å². The normalized spacial score (nSPS) is 17.1. The van der Waals surface area contributed by atoms with Crippen LogP contribution in [0.2, 0.25) is 0 Å². The molecule has 2 aromatic rings. The van der Waals surface area contributed by atoms with Crippen molar-refractivity contribution in [3.8, 4) is 0 Å². The number of fused-ring (bicyclic) bond motifs is 1. The molecule has 0 bridgehead atoms. The van der Waals surface area contributed by atoms with Gasteiger partial charge in [0.1, 0.15) is 5.82 Å². The molecule has 1 heterocycles. The van der Waals surface area contributed by atoms with E-state index in [2.05, 4.69) is 13.0 Å². The molecule has 20 heavy (non-hydrogen) atoms. The highest BCUT2D eigenvalue weighted by Gasteiger charge is 2.29. The van der Waals surface area contributed by atoms with Crippen molar-refractivity contribution in [1.82, 2.24) is 0 Å². The van der Waals surface area contributed by atoms with Crippen molar-refractivity contribution < 1.29 is 9.18 Å². The second-order valence-electron chi connectivity index (χ2n) is 5.23. The Morgan fingerprint density at radius 3 is 2.70 bits per heavy atom. The molecule has 0 fully saturated rings. The van der Waals surface area contributed by atoms with E-state index in [1.54, 1.807) is 23.1 Å². The average molecular weight is 269 g/mol. The van der Waals surface area contributed by atoms with Gasteiger partial charge in [-0.3, -0.25) is 4.79 Å². The third kappa shape index (κ3) is 2.20. The van der Waals surface area contributed by atoms with Gasteiger partial charge in [0.2, 0.25) is 5.91 Å². The highest BCUT2D eigenvalue weighted by Crippen LogP contribution is 2.35. The number of carbonyl (C=O) groups excluding carboxylic acids is 1. The largest absolute Gasteiger partial charge is 0.311 e. The van der Waals surface area contributed by atoms with E-state index in [0.717, 1.165) is 5.69 Å². The van der Waals surface area contributed by atoms with Crippen LogP contribution < -0.4 is 4.90 Å². The number of para-hydroxylation sites is 1. The van der Waals surface area contributed by atoms with Crippen LogP contribution in [0, 0.1) is 5.82 Å². The number of amides is 1. The van der Waals surface area contributed by atoms with Gasteiger partial charge in [-0.1, -0.05) is 43.3 Å². The summed E-state index contributed by atoms with van der Waals surface area (Å²) in [5.74, 6) is -0.0379. The van der Waals surface area contributed by atoms with Gasteiger partial charge < -0.3 is 4.90 Å². The van der Waals surface area contributed by atoms with Crippen molar-refractivity contribution in [2.75, 3.05) is 11.4 Å². The Balaban J connectivity index is 1.85. The second kappa shape index (κ2) is 5.08. The second-order valence-corrected chi connectivity index (χ2v) is 5.23. The van der Waals surface area contributed by atoms with Gasteiger partial charge in [0.25, 0.3) is 0 Å². The van der Waals surface area contributed by atoms with E-state index in [9.17, 15) is 9.18 Å².